The lowest BCUT2D eigenvalue weighted by atomic mass is 10.0. The molecule has 28 heavy (non-hydrogen) atoms. The van der Waals surface area contributed by atoms with Crippen LogP contribution in [0.3, 0.4) is 0 Å². The predicted molar refractivity (Wildman–Crippen MR) is 120 cm³/mol. The molecule has 0 aliphatic carbocycles. The summed E-state index contributed by atoms with van der Waals surface area (Å²) in [6.45, 7) is 12.0. The average Bonchev–Trinajstić information content (AvgIpc) is 3.23. The summed E-state index contributed by atoms with van der Waals surface area (Å²) in [5.74, 6) is 0. The first kappa shape index (κ1) is 22.1. The van der Waals surface area contributed by atoms with Crippen molar-refractivity contribution < 1.29 is 0 Å². The van der Waals surface area contributed by atoms with Crippen LogP contribution in [-0.4, -0.2) is 39.1 Å². The fraction of sp³-hybridized carbons (Fsp3) is 0.500. The molecule has 1 aliphatic rings. The van der Waals surface area contributed by atoms with Crippen molar-refractivity contribution >= 4 is 5.65 Å². The van der Waals surface area contributed by atoms with Gasteiger partial charge in [0.2, 0.25) is 0 Å². The van der Waals surface area contributed by atoms with Crippen molar-refractivity contribution in [3.8, 4) is 11.1 Å². The van der Waals surface area contributed by atoms with Gasteiger partial charge in [-0.1, -0.05) is 64.8 Å². The van der Waals surface area contributed by atoms with Crippen LogP contribution in [0.1, 0.15) is 58.9 Å². The second-order valence-electron chi connectivity index (χ2n) is 7.03. The molecule has 0 amide bonds. The molecule has 0 radical (unpaired) electrons. The highest BCUT2D eigenvalue weighted by Crippen LogP contribution is 2.20. The molecule has 0 atom stereocenters. The van der Waals surface area contributed by atoms with Gasteiger partial charge in [0.1, 0.15) is 0 Å². The van der Waals surface area contributed by atoms with Gasteiger partial charge in [0.25, 0.3) is 0 Å². The number of rotatable bonds is 4. The molecule has 0 saturated carbocycles. The molecule has 0 N–H and O–H groups in total. The van der Waals surface area contributed by atoms with E-state index in [4.69, 9.17) is 0 Å². The third-order valence-electron chi connectivity index (χ3n) is 4.70. The number of fused-ring (bicyclic) bond motifs is 1. The van der Waals surface area contributed by atoms with Crippen molar-refractivity contribution in [1.29, 1.82) is 0 Å². The Hall–Kier alpha value is -2.20. The molecule has 1 aromatic carbocycles. The van der Waals surface area contributed by atoms with Crippen molar-refractivity contribution in [3.05, 3.63) is 54.5 Å². The van der Waals surface area contributed by atoms with Crippen LogP contribution in [0.2, 0.25) is 0 Å². The molecular formula is C24H36N4. The Morgan fingerprint density at radius 3 is 2.25 bits per heavy atom. The van der Waals surface area contributed by atoms with Gasteiger partial charge in [0, 0.05) is 30.6 Å². The lowest BCUT2D eigenvalue weighted by Crippen LogP contribution is -2.31. The topological polar surface area (TPSA) is 33.4 Å². The van der Waals surface area contributed by atoms with E-state index in [1.54, 1.807) is 6.20 Å². The van der Waals surface area contributed by atoms with Crippen LogP contribution in [0.5, 0.6) is 0 Å². The van der Waals surface area contributed by atoms with Crippen LogP contribution < -0.4 is 0 Å². The van der Waals surface area contributed by atoms with Gasteiger partial charge >= 0.3 is 0 Å². The first-order valence-corrected chi connectivity index (χ1v) is 10.9. The molecule has 4 heteroatoms. The average molecular weight is 381 g/mol. The van der Waals surface area contributed by atoms with Gasteiger partial charge in [0.15, 0.2) is 5.65 Å². The van der Waals surface area contributed by atoms with Crippen LogP contribution in [0.4, 0.5) is 0 Å². The fourth-order valence-electron chi connectivity index (χ4n) is 3.29. The molecule has 0 unspecified atom stereocenters. The smallest absolute Gasteiger partial charge is 0.154 e. The number of likely N-dealkylation sites (tertiary alicyclic amines) is 1. The molecule has 3 heterocycles. The third kappa shape index (κ3) is 6.45. The molecule has 3 aromatic rings. The molecule has 4 nitrogen and oxygen atoms in total. The second kappa shape index (κ2) is 12.3. The Balaban J connectivity index is 0.000000514. The van der Waals surface area contributed by atoms with Crippen LogP contribution in [0, 0.1) is 0 Å². The minimum Gasteiger partial charge on any atom is -0.303 e. The maximum atomic E-state index is 4.43. The zero-order valence-corrected chi connectivity index (χ0v) is 18.1. The molecule has 0 bridgehead atoms. The lowest BCUT2D eigenvalue weighted by molar-refractivity contribution is 0.231. The zero-order valence-electron chi connectivity index (χ0n) is 18.1. The van der Waals surface area contributed by atoms with Crippen LogP contribution in [-0.2, 0) is 6.42 Å². The minimum atomic E-state index is 0.881. The lowest BCUT2D eigenvalue weighted by Gasteiger charge is -2.26. The summed E-state index contributed by atoms with van der Waals surface area (Å²) in [7, 11) is 0. The quantitative estimate of drug-likeness (QED) is 0.568. The van der Waals surface area contributed by atoms with Gasteiger partial charge in [-0.3, -0.25) is 0 Å². The van der Waals surface area contributed by atoms with E-state index < -0.39 is 0 Å². The first-order chi connectivity index (χ1) is 13.8. The predicted octanol–water partition coefficient (Wildman–Crippen LogP) is 5.87. The van der Waals surface area contributed by atoms with Crippen molar-refractivity contribution in [2.45, 2.75) is 59.8 Å². The van der Waals surface area contributed by atoms with Gasteiger partial charge in [-0.15, -0.1) is 0 Å². The summed E-state index contributed by atoms with van der Waals surface area (Å²) in [5.41, 5.74) is 4.58. The first-order valence-electron chi connectivity index (χ1n) is 10.9. The third-order valence-corrected chi connectivity index (χ3v) is 4.70. The number of hydrogen-bond donors (Lipinski definition) is 0. The maximum Gasteiger partial charge on any atom is 0.154 e. The monoisotopic (exact) mass is 380 g/mol. The van der Waals surface area contributed by atoms with Crippen molar-refractivity contribution in [1.82, 2.24) is 19.5 Å². The molecule has 4 rings (SSSR count). The minimum absolute atomic E-state index is 0.881. The summed E-state index contributed by atoms with van der Waals surface area (Å²) < 4.78 is 1.82. The van der Waals surface area contributed by atoms with Gasteiger partial charge in [-0.2, -0.15) is 5.10 Å². The summed E-state index contributed by atoms with van der Waals surface area (Å²) in [5, 5.41) is 4.25. The number of hydrogen-bond acceptors (Lipinski definition) is 3. The summed E-state index contributed by atoms with van der Waals surface area (Å²) in [4.78, 5) is 7.02. The summed E-state index contributed by atoms with van der Waals surface area (Å²) in [6, 6.07) is 10.8. The number of aromatic nitrogens is 3. The van der Waals surface area contributed by atoms with E-state index in [-0.39, 0.29) is 0 Å². The zero-order chi connectivity index (χ0) is 20.2. The van der Waals surface area contributed by atoms with E-state index in [1.165, 1.54) is 56.4 Å². The highest BCUT2D eigenvalue weighted by atomic mass is 15.2. The molecule has 1 aliphatic heterocycles. The Kier molecular flexibility index (Phi) is 9.70. The summed E-state index contributed by atoms with van der Waals surface area (Å²) >= 11 is 0. The van der Waals surface area contributed by atoms with Crippen LogP contribution in [0.15, 0.2) is 48.9 Å². The maximum absolute atomic E-state index is 4.43. The van der Waals surface area contributed by atoms with Crippen molar-refractivity contribution in [2.24, 2.45) is 0 Å². The molecule has 152 valence electrons. The van der Waals surface area contributed by atoms with Gasteiger partial charge in [-0.05, 0) is 43.5 Å². The molecule has 1 saturated heterocycles. The Morgan fingerprint density at radius 1 is 0.893 bits per heavy atom. The summed E-state index contributed by atoms with van der Waals surface area (Å²) in [6.07, 6.45) is 12.2. The number of nitrogens with zero attached hydrogens (tertiary/aromatic N) is 4. The molecule has 0 spiro atoms. The largest absolute Gasteiger partial charge is 0.303 e. The number of benzene rings is 1. The SMILES string of the molecule is CC.CCC.c1cc2ncc(-c3ccc(CCN4CCCCC4)cc3)cn2n1. The standard InChI is InChI=1S/C19H22N4.C3H8.C2H6/c1-2-11-22(12-3-1)13-9-16-4-6-17(7-5-16)18-14-20-19-8-10-21-23(19)15-18;1-3-2;1-2/h4-8,10,14-15H,1-3,9,11-13H2;3H2,1-2H3;1-2H3. The van der Waals surface area contributed by atoms with E-state index in [0.717, 1.165) is 17.6 Å². The van der Waals surface area contributed by atoms with Gasteiger partial charge in [-0.25, -0.2) is 9.50 Å². The van der Waals surface area contributed by atoms with Gasteiger partial charge in [0.05, 0.1) is 6.20 Å². The normalized spacial score (nSPS) is 14.0. The Bertz CT molecular complexity index is 786. The molecule has 1 fully saturated rings. The Labute approximate surface area is 170 Å². The highest BCUT2D eigenvalue weighted by Gasteiger charge is 2.09. The van der Waals surface area contributed by atoms with Gasteiger partial charge < -0.3 is 4.90 Å². The van der Waals surface area contributed by atoms with E-state index in [0.29, 0.717) is 0 Å². The van der Waals surface area contributed by atoms with E-state index >= 15 is 0 Å². The second-order valence-corrected chi connectivity index (χ2v) is 7.03. The van der Waals surface area contributed by atoms with E-state index in [9.17, 15) is 0 Å². The van der Waals surface area contributed by atoms with Crippen LogP contribution >= 0.6 is 0 Å². The van der Waals surface area contributed by atoms with E-state index in [2.05, 4.69) is 53.1 Å². The van der Waals surface area contributed by atoms with E-state index in [1.807, 2.05) is 36.8 Å². The van der Waals surface area contributed by atoms with Crippen molar-refractivity contribution in [3.63, 3.8) is 0 Å². The fourth-order valence-corrected chi connectivity index (χ4v) is 3.29. The number of piperidine rings is 1. The highest BCUT2D eigenvalue weighted by molar-refractivity contribution is 5.63. The molecule has 2 aromatic heterocycles. The Morgan fingerprint density at radius 2 is 1.57 bits per heavy atom. The van der Waals surface area contributed by atoms with Crippen LogP contribution in [0.25, 0.3) is 16.8 Å². The molecular weight excluding hydrogens is 344 g/mol. The van der Waals surface area contributed by atoms with Crippen molar-refractivity contribution in [2.75, 3.05) is 19.6 Å².